The van der Waals surface area contributed by atoms with E-state index in [9.17, 15) is 0 Å². The molecule has 3 heterocycles. The number of hydrogen-bond acceptors (Lipinski definition) is 4. The van der Waals surface area contributed by atoms with Crippen LogP contribution < -0.4 is 5.32 Å². The lowest BCUT2D eigenvalue weighted by Crippen LogP contribution is -2.50. The predicted molar refractivity (Wildman–Crippen MR) is 79.5 cm³/mol. The molecule has 0 radical (unpaired) electrons. The Hall–Kier alpha value is -0.160. The highest BCUT2D eigenvalue weighted by Crippen LogP contribution is 2.33. The second-order valence-electron chi connectivity index (χ2n) is 6.82. The quantitative estimate of drug-likeness (QED) is 0.797. The molecule has 2 bridgehead atoms. The molecule has 0 aromatic carbocycles. The Labute approximate surface area is 118 Å². The summed E-state index contributed by atoms with van der Waals surface area (Å²) in [6, 6.07) is 2.50. The Kier molecular flexibility index (Phi) is 4.42. The summed E-state index contributed by atoms with van der Waals surface area (Å²) in [4.78, 5) is 7.66. The molecule has 3 fully saturated rings. The minimum absolute atomic E-state index is 0.779. The number of piperidine rings is 1. The van der Waals surface area contributed by atoms with Crippen LogP contribution in [0, 0.1) is 0 Å². The fraction of sp³-hybridized carbons (Fsp3) is 1.00. The maximum atomic E-state index is 3.82. The van der Waals surface area contributed by atoms with E-state index >= 15 is 0 Å². The number of likely N-dealkylation sites (N-methyl/N-ethyl adjacent to an activating group) is 1. The largest absolute Gasteiger partial charge is 0.313 e. The summed E-state index contributed by atoms with van der Waals surface area (Å²) in [6.45, 7) is 7.37. The van der Waals surface area contributed by atoms with Gasteiger partial charge in [-0.05, 0) is 39.8 Å². The van der Waals surface area contributed by atoms with Crippen molar-refractivity contribution in [3.05, 3.63) is 0 Å². The van der Waals surface area contributed by atoms with Crippen molar-refractivity contribution in [2.75, 3.05) is 53.4 Å². The van der Waals surface area contributed by atoms with Gasteiger partial charge in [0.2, 0.25) is 0 Å². The van der Waals surface area contributed by atoms with Crippen LogP contribution >= 0.6 is 0 Å². The maximum absolute atomic E-state index is 3.82. The Morgan fingerprint density at radius 1 is 0.947 bits per heavy atom. The first-order valence-electron chi connectivity index (χ1n) is 8.08. The monoisotopic (exact) mass is 266 g/mol. The predicted octanol–water partition coefficient (Wildman–Crippen LogP) is 0.449. The topological polar surface area (TPSA) is 21.8 Å². The highest BCUT2D eigenvalue weighted by Gasteiger charge is 2.37. The van der Waals surface area contributed by atoms with Crippen molar-refractivity contribution in [3.63, 3.8) is 0 Å². The minimum atomic E-state index is 0.779. The van der Waals surface area contributed by atoms with Crippen molar-refractivity contribution in [2.24, 2.45) is 0 Å². The molecule has 2 atom stereocenters. The zero-order valence-electron chi connectivity index (χ0n) is 12.6. The number of hydrogen-bond donors (Lipinski definition) is 1. The zero-order valence-corrected chi connectivity index (χ0v) is 12.6. The van der Waals surface area contributed by atoms with E-state index in [0.717, 1.165) is 18.1 Å². The summed E-state index contributed by atoms with van der Waals surface area (Å²) >= 11 is 0. The molecule has 3 aliphatic heterocycles. The number of fused-ring (bicyclic) bond motifs is 2. The first kappa shape index (κ1) is 13.8. The molecule has 3 rings (SSSR count). The summed E-state index contributed by atoms with van der Waals surface area (Å²) in [5.41, 5.74) is 0. The van der Waals surface area contributed by atoms with Gasteiger partial charge >= 0.3 is 0 Å². The van der Waals surface area contributed by atoms with Gasteiger partial charge in [0.25, 0.3) is 0 Å². The second kappa shape index (κ2) is 6.08. The van der Waals surface area contributed by atoms with Gasteiger partial charge in [0.15, 0.2) is 0 Å². The van der Waals surface area contributed by atoms with Gasteiger partial charge < -0.3 is 15.1 Å². The van der Waals surface area contributed by atoms with E-state index in [1.165, 1.54) is 65.0 Å². The van der Waals surface area contributed by atoms with E-state index in [1.54, 1.807) is 0 Å². The molecule has 3 saturated heterocycles. The summed E-state index contributed by atoms with van der Waals surface area (Å²) in [5.74, 6) is 0. The van der Waals surface area contributed by atoms with Crippen LogP contribution in [0.25, 0.3) is 0 Å². The normalized spacial score (nSPS) is 37.9. The van der Waals surface area contributed by atoms with E-state index in [0.29, 0.717) is 0 Å². The van der Waals surface area contributed by atoms with Crippen molar-refractivity contribution in [1.82, 2.24) is 20.0 Å². The first-order valence-corrected chi connectivity index (χ1v) is 8.08. The molecule has 4 heteroatoms. The molecular weight excluding hydrogens is 236 g/mol. The third-order valence-electron chi connectivity index (χ3n) is 5.56. The molecule has 1 N–H and O–H groups in total. The van der Waals surface area contributed by atoms with Crippen LogP contribution in [0.2, 0.25) is 0 Å². The molecule has 4 nitrogen and oxygen atoms in total. The molecule has 19 heavy (non-hydrogen) atoms. The third kappa shape index (κ3) is 3.30. The summed E-state index contributed by atoms with van der Waals surface area (Å²) in [5, 5.41) is 3.82. The van der Waals surface area contributed by atoms with E-state index < -0.39 is 0 Å². The van der Waals surface area contributed by atoms with Crippen LogP contribution in [-0.2, 0) is 0 Å². The average molecular weight is 266 g/mol. The highest BCUT2D eigenvalue weighted by molar-refractivity contribution is 4.95. The average Bonchev–Trinajstić information content (AvgIpc) is 2.64. The van der Waals surface area contributed by atoms with Crippen molar-refractivity contribution in [1.29, 1.82) is 0 Å². The maximum Gasteiger partial charge on any atom is 0.0111 e. The van der Waals surface area contributed by atoms with E-state index in [4.69, 9.17) is 0 Å². The fourth-order valence-corrected chi connectivity index (χ4v) is 4.08. The SMILES string of the molecule is CN1CCN(CCNC2CC3CCC(C2)N3C)CC1. The Bertz CT molecular complexity index is 274. The lowest BCUT2D eigenvalue weighted by atomic mass is 9.98. The van der Waals surface area contributed by atoms with E-state index in [1.807, 2.05) is 0 Å². The van der Waals surface area contributed by atoms with Gasteiger partial charge in [0.1, 0.15) is 0 Å². The number of rotatable bonds is 4. The minimum Gasteiger partial charge on any atom is -0.313 e. The molecule has 0 aromatic rings. The second-order valence-corrected chi connectivity index (χ2v) is 6.82. The van der Waals surface area contributed by atoms with Crippen LogP contribution in [0.4, 0.5) is 0 Å². The van der Waals surface area contributed by atoms with Crippen molar-refractivity contribution < 1.29 is 0 Å². The van der Waals surface area contributed by atoms with Gasteiger partial charge in [-0.3, -0.25) is 4.90 Å². The number of nitrogens with zero attached hydrogens (tertiary/aromatic N) is 3. The lowest BCUT2D eigenvalue weighted by molar-refractivity contribution is 0.135. The molecule has 0 aromatic heterocycles. The van der Waals surface area contributed by atoms with Crippen molar-refractivity contribution >= 4 is 0 Å². The van der Waals surface area contributed by atoms with Gasteiger partial charge in [-0.15, -0.1) is 0 Å². The Morgan fingerprint density at radius 3 is 2.21 bits per heavy atom. The van der Waals surface area contributed by atoms with Crippen LogP contribution in [0.3, 0.4) is 0 Å². The van der Waals surface area contributed by atoms with Crippen molar-refractivity contribution in [2.45, 2.75) is 43.8 Å². The molecule has 0 aliphatic carbocycles. The van der Waals surface area contributed by atoms with Crippen LogP contribution in [0.1, 0.15) is 25.7 Å². The molecule has 0 saturated carbocycles. The van der Waals surface area contributed by atoms with Gasteiger partial charge in [0, 0.05) is 57.4 Å². The lowest BCUT2D eigenvalue weighted by Gasteiger charge is -2.37. The van der Waals surface area contributed by atoms with E-state index in [-0.39, 0.29) is 0 Å². The van der Waals surface area contributed by atoms with Gasteiger partial charge in [-0.2, -0.15) is 0 Å². The van der Waals surface area contributed by atoms with Gasteiger partial charge in [-0.25, -0.2) is 0 Å². The summed E-state index contributed by atoms with van der Waals surface area (Å²) in [6.07, 6.45) is 5.60. The first-order chi connectivity index (χ1) is 9.22. The molecule has 110 valence electrons. The van der Waals surface area contributed by atoms with Crippen LogP contribution in [-0.4, -0.2) is 86.2 Å². The molecule has 2 unspecified atom stereocenters. The molecule has 0 amide bonds. The fourth-order valence-electron chi connectivity index (χ4n) is 4.08. The summed E-state index contributed by atoms with van der Waals surface area (Å²) < 4.78 is 0. The standard InChI is InChI=1S/C15H30N4/c1-17-7-9-19(10-8-17)6-5-16-13-11-14-3-4-15(12-13)18(14)2/h13-16H,3-12H2,1-2H3. The van der Waals surface area contributed by atoms with E-state index in [2.05, 4.69) is 34.1 Å². The molecule has 0 spiro atoms. The highest BCUT2D eigenvalue weighted by atomic mass is 15.3. The zero-order chi connectivity index (χ0) is 13.2. The Balaban J connectivity index is 1.35. The van der Waals surface area contributed by atoms with Crippen LogP contribution in [0.5, 0.6) is 0 Å². The van der Waals surface area contributed by atoms with Crippen LogP contribution in [0.15, 0.2) is 0 Å². The molecule has 3 aliphatic rings. The Morgan fingerprint density at radius 2 is 1.58 bits per heavy atom. The number of piperazine rings is 1. The van der Waals surface area contributed by atoms with Crippen molar-refractivity contribution in [3.8, 4) is 0 Å². The molecular formula is C15H30N4. The van der Waals surface area contributed by atoms with Gasteiger partial charge in [-0.1, -0.05) is 0 Å². The third-order valence-corrected chi connectivity index (χ3v) is 5.56. The smallest absolute Gasteiger partial charge is 0.0111 e. The van der Waals surface area contributed by atoms with Gasteiger partial charge in [0.05, 0.1) is 0 Å². The summed E-state index contributed by atoms with van der Waals surface area (Å²) in [7, 11) is 4.55. The number of nitrogens with one attached hydrogen (secondary N) is 1.